The smallest absolute Gasteiger partial charge is 0.257 e. The van der Waals surface area contributed by atoms with E-state index in [9.17, 15) is 9.59 Å². The first-order chi connectivity index (χ1) is 8.66. The third-order valence-electron chi connectivity index (χ3n) is 2.49. The van der Waals surface area contributed by atoms with Gasteiger partial charge in [0.25, 0.3) is 5.91 Å². The molecule has 0 aliphatic heterocycles. The van der Waals surface area contributed by atoms with Crippen LogP contribution in [0.25, 0.3) is 0 Å². The maximum atomic E-state index is 11.8. The lowest BCUT2D eigenvalue weighted by molar-refractivity contribution is 0.0935. The zero-order valence-electron chi connectivity index (χ0n) is 9.96. The van der Waals surface area contributed by atoms with E-state index in [2.05, 4.69) is 15.3 Å². The van der Waals surface area contributed by atoms with Crippen LogP contribution < -0.4 is 10.7 Å². The number of aromatic amines is 1. The van der Waals surface area contributed by atoms with E-state index in [0.717, 1.165) is 0 Å². The molecule has 2 aromatic heterocycles. The molecular weight excluding hydrogens is 232 g/mol. The zero-order valence-corrected chi connectivity index (χ0v) is 9.96. The number of nitrogens with zero attached hydrogens (tertiary/aromatic N) is 2. The topological polar surface area (TPSA) is 79.8 Å². The normalized spacial score (nSPS) is 12.1. The number of aromatic nitrogens is 3. The van der Waals surface area contributed by atoms with Crippen LogP contribution in [0.5, 0.6) is 0 Å². The molecule has 0 aliphatic carbocycles. The average molecular weight is 246 g/mol. The second-order valence-corrected chi connectivity index (χ2v) is 4.06. The molecule has 6 heteroatoms. The summed E-state index contributed by atoms with van der Waals surface area (Å²) in [4.78, 5) is 30.0. The summed E-state index contributed by atoms with van der Waals surface area (Å²) in [6, 6.07) is 1.24. The largest absolute Gasteiger partial charge is 0.367 e. The van der Waals surface area contributed by atoms with Crippen molar-refractivity contribution in [2.45, 2.75) is 19.5 Å². The van der Waals surface area contributed by atoms with Crippen LogP contribution in [-0.4, -0.2) is 26.5 Å². The summed E-state index contributed by atoms with van der Waals surface area (Å²) in [6.07, 6.45) is 8.07. The highest BCUT2D eigenvalue weighted by Crippen LogP contribution is 1.94. The number of amides is 1. The minimum absolute atomic E-state index is 0.0914. The molecule has 1 atom stereocenters. The summed E-state index contributed by atoms with van der Waals surface area (Å²) in [5.74, 6) is -0.371. The molecule has 18 heavy (non-hydrogen) atoms. The van der Waals surface area contributed by atoms with Crippen molar-refractivity contribution in [1.82, 2.24) is 19.9 Å². The minimum Gasteiger partial charge on any atom is -0.367 e. The molecule has 0 saturated heterocycles. The molecule has 94 valence electrons. The van der Waals surface area contributed by atoms with Gasteiger partial charge in [0.2, 0.25) is 0 Å². The minimum atomic E-state index is -0.371. The highest BCUT2D eigenvalue weighted by Gasteiger charge is 2.12. The van der Waals surface area contributed by atoms with Gasteiger partial charge in [0.1, 0.15) is 5.56 Å². The van der Waals surface area contributed by atoms with Crippen LogP contribution >= 0.6 is 0 Å². The summed E-state index contributed by atoms with van der Waals surface area (Å²) in [6.45, 7) is 2.48. The molecule has 2 rings (SSSR count). The summed E-state index contributed by atoms with van der Waals surface area (Å²) in [5.41, 5.74) is -0.170. The van der Waals surface area contributed by atoms with Crippen LogP contribution in [0.15, 0.2) is 42.0 Å². The lowest BCUT2D eigenvalue weighted by atomic mass is 10.2. The van der Waals surface area contributed by atoms with E-state index in [1.54, 1.807) is 12.5 Å². The highest BCUT2D eigenvalue weighted by atomic mass is 16.2. The van der Waals surface area contributed by atoms with Crippen molar-refractivity contribution in [3.05, 3.63) is 53.0 Å². The van der Waals surface area contributed by atoms with Crippen molar-refractivity contribution in [2.24, 2.45) is 0 Å². The van der Waals surface area contributed by atoms with Crippen molar-refractivity contribution < 1.29 is 4.79 Å². The quantitative estimate of drug-likeness (QED) is 0.819. The molecular formula is C12H14N4O2. The molecule has 0 radical (unpaired) electrons. The fourth-order valence-electron chi connectivity index (χ4n) is 1.65. The van der Waals surface area contributed by atoms with Crippen molar-refractivity contribution >= 4 is 5.91 Å². The van der Waals surface area contributed by atoms with Gasteiger partial charge in [0.05, 0.1) is 6.33 Å². The van der Waals surface area contributed by atoms with Gasteiger partial charge in [-0.05, 0) is 6.92 Å². The van der Waals surface area contributed by atoms with Crippen molar-refractivity contribution in [3.8, 4) is 0 Å². The van der Waals surface area contributed by atoms with E-state index >= 15 is 0 Å². The molecule has 0 aromatic carbocycles. The Bertz CT molecular complexity index is 574. The molecule has 0 saturated carbocycles. The van der Waals surface area contributed by atoms with E-state index in [1.807, 2.05) is 17.7 Å². The molecule has 0 spiro atoms. The number of rotatable bonds is 4. The van der Waals surface area contributed by atoms with Crippen molar-refractivity contribution in [3.63, 3.8) is 0 Å². The predicted octanol–water partition coefficient (Wildman–Crippen LogP) is 0.390. The van der Waals surface area contributed by atoms with Gasteiger partial charge in [-0.3, -0.25) is 9.59 Å². The van der Waals surface area contributed by atoms with Gasteiger partial charge in [-0.15, -0.1) is 0 Å². The van der Waals surface area contributed by atoms with Crippen LogP contribution in [0.1, 0.15) is 17.3 Å². The highest BCUT2D eigenvalue weighted by molar-refractivity contribution is 5.93. The van der Waals surface area contributed by atoms with E-state index in [1.165, 1.54) is 18.5 Å². The SMILES string of the molecule is CC(Cn1ccnc1)NC(=O)c1c[nH]ccc1=O. The first-order valence-electron chi connectivity index (χ1n) is 5.60. The Balaban J connectivity index is 1.99. The molecule has 2 heterocycles. The van der Waals surface area contributed by atoms with Crippen LogP contribution in [-0.2, 0) is 6.54 Å². The molecule has 1 unspecified atom stereocenters. The first kappa shape index (κ1) is 12.1. The Kier molecular flexibility index (Phi) is 3.57. The molecule has 1 amide bonds. The maximum absolute atomic E-state index is 11.8. The summed E-state index contributed by atoms with van der Waals surface area (Å²) < 4.78 is 1.86. The van der Waals surface area contributed by atoms with Crippen molar-refractivity contribution in [1.29, 1.82) is 0 Å². The Hall–Kier alpha value is -2.37. The van der Waals surface area contributed by atoms with Gasteiger partial charge in [-0.2, -0.15) is 0 Å². The van der Waals surface area contributed by atoms with E-state index in [4.69, 9.17) is 0 Å². The van der Waals surface area contributed by atoms with Gasteiger partial charge in [-0.25, -0.2) is 4.98 Å². The monoisotopic (exact) mass is 246 g/mol. The number of carbonyl (C=O) groups excluding carboxylic acids is 1. The summed E-state index contributed by atoms with van der Waals surface area (Å²) in [5, 5.41) is 2.77. The number of hydrogen-bond donors (Lipinski definition) is 2. The maximum Gasteiger partial charge on any atom is 0.257 e. The molecule has 0 bridgehead atoms. The van der Waals surface area contributed by atoms with E-state index < -0.39 is 0 Å². The number of pyridine rings is 1. The Morgan fingerprint density at radius 1 is 1.61 bits per heavy atom. The lowest BCUT2D eigenvalue weighted by Crippen LogP contribution is -2.37. The molecule has 2 N–H and O–H groups in total. The number of H-pyrrole nitrogens is 1. The Labute approximate surface area is 104 Å². The molecule has 0 aliphatic rings. The standard InChI is InChI=1S/C12H14N4O2/c1-9(7-16-5-4-14-8-16)15-12(18)10-6-13-3-2-11(10)17/h2-6,8-9H,7H2,1H3,(H,13,17)(H,15,18). The molecule has 2 aromatic rings. The molecule has 6 nitrogen and oxygen atoms in total. The van der Waals surface area contributed by atoms with Crippen LogP contribution in [0, 0.1) is 0 Å². The average Bonchev–Trinajstić information content (AvgIpc) is 2.82. The Morgan fingerprint density at radius 3 is 3.11 bits per heavy atom. The number of nitrogens with one attached hydrogen (secondary N) is 2. The van der Waals surface area contributed by atoms with Crippen molar-refractivity contribution in [2.75, 3.05) is 0 Å². The summed E-state index contributed by atoms with van der Waals surface area (Å²) in [7, 11) is 0. The third kappa shape index (κ3) is 2.85. The Morgan fingerprint density at radius 2 is 2.44 bits per heavy atom. The third-order valence-corrected chi connectivity index (χ3v) is 2.49. The second kappa shape index (κ2) is 5.31. The van der Waals surface area contributed by atoms with Gasteiger partial charge in [0.15, 0.2) is 5.43 Å². The van der Waals surface area contributed by atoms with Gasteiger partial charge >= 0.3 is 0 Å². The van der Waals surface area contributed by atoms with Crippen LogP contribution in [0.2, 0.25) is 0 Å². The lowest BCUT2D eigenvalue weighted by Gasteiger charge is -2.13. The molecule has 0 fully saturated rings. The van der Waals surface area contributed by atoms with Crippen LogP contribution in [0.4, 0.5) is 0 Å². The van der Waals surface area contributed by atoms with Gasteiger partial charge in [0, 0.05) is 43.4 Å². The van der Waals surface area contributed by atoms with Crippen LogP contribution in [0.3, 0.4) is 0 Å². The first-order valence-corrected chi connectivity index (χ1v) is 5.60. The number of carbonyl (C=O) groups is 1. The van der Waals surface area contributed by atoms with Gasteiger partial charge in [-0.1, -0.05) is 0 Å². The fourth-order valence-corrected chi connectivity index (χ4v) is 1.65. The fraction of sp³-hybridized carbons (Fsp3) is 0.250. The summed E-state index contributed by atoms with van der Waals surface area (Å²) >= 11 is 0. The second-order valence-electron chi connectivity index (χ2n) is 4.06. The predicted molar refractivity (Wildman–Crippen MR) is 66.2 cm³/mol. The number of imidazole rings is 1. The van der Waals surface area contributed by atoms with Gasteiger partial charge < -0.3 is 14.9 Å². The zero-order chi connectivity index (χ0) is 13.0. The number of hydrogen-bond acceptors (Lipinski definition) is 3. The van der Waals surface area contributed by atoms with E-state index in [0.29, 0.717) is 6.54 Å². The van der Waals surface area contributed by atoms with E-state index in [-0.39, 0.29) is 22.9 Å².